The summed E-state index contributed by atoms with van der Waals surface area (Å²) in [7, 11) is 0. The third kappa shape index (κ3) is 4.03. The number of amides is 1. The van der Waals surface area contributed by atoms with Crippen LogP contribution in [0.5, 0.6) is 0 Å². The van der Waals surface area contributed by atoms with Crippen LogP contribution in [0.15, 0.2) is 64.3 Å². The van der Waals surface area contributed by atoms with E-state index in [9.17, 15) is 4.79 Å². The predicted molar refractivity (Wildman–Crippen MR) is 103 cm³/mol. The van der Waals surface area contributed by atoms with E-state index in [-0.39, 0.29) is 17.7 Å². The molecule has 7 heteroatoms. The maximum Gasteiger partial charge on any atom is 0.232 e. The van der Waals surface area contributed by atoms with Crippen molar-refractivity contribution in [1.82, 2.24) is 20.0 Å². The number of hydrogen-bond acceptors (Lipinski definition) is 6. The molecule has 3 aromatic rings. The molecule has 1 aromatic carbocycles. The van der Waals surface area contributed by atoms with Gasteiger partial charge in [0.1, 0.15) is 0 Å². The number of carbonyl (C=O) groups excluding carboxylic acids is 1. The molecule has 1 fully saturated rings. The highest BCUT2D eigenvalue weighted by atomic mass is 32.2. The number of nitrogens with zero attached hydrogens (tertiary/aromatic N) is 4. The number of carbonyl (C=O) groups is 1. The van der Waals surface area contributed by atoms with Crippen molar-refractivity contribution in [2.75, 3.05) is 18.8 Å². The number of hydrogen-bond donors (Lipinski definition) is 0. The summed E-state index contributed by atoms with van der Waals surface area (Å²) < 4.78 is 5.51. The van der Waals surface area contributed by atoms with Crippen LogP contribution in [0.3, 0.4) is 0 Å². The summed E-state index contributed by atoms with van der Waals surface area (Å²) in [6.07, 6.45) is 3.41. The third-order valence-corrected chi connectivity index (χ3v) is 5.76. The molecule has 0 N–H and O–H groups in total. The second-order valence-electron chi connectivity index (χ2n) is 6.68. The zero-order valence-corrected chi connectivity index (χ0v) is 15.8. The molecular weight excluding hydrogens is 360 g/mol. The lowest BCUT2D eigenvalue weighted by molar-refractivity contribution is -0.127. The Labute approximate surface area is 162 Å². The van der Waals surface area contributed by atoms with Gasteiger partial charge in [0.15, 0.2) is 0 Å². The van der Waals surface area contributed by atoms with Crippen LogP contribution in [0.4, 0.5) is 0 Å². The fraction of sp³-hybridized carbons (Fsp3) is 0.300. The summed E-state index contributed by atoms with van der Waals surface area (Å²) in [4.78, 5) is 24.2. The molecule has 6 nitrogen and oxygen atoms in total. The molecule has 0 spiro atoms. The average Bonchev–Trinajstić information content (AvgIpc) is 3.34. The lowest BCUT2D eigenvalue weighted by Gasteiger charge is -2.15. The summed E-state index contributed by atoms with van der Waals surface area (Å²) in [6, 6.07) is 13.7. The summed E-state index contributed by atoms with van der Waals surface area (Å²) in [5.74, 6) is 2.09. The number of pyridine rings is 1. The fourth-order valence-corrected chi connectivity index (χ4v) is 4.07. The largest absolute Gasteiger partial charge is 0.341 e. The molecule has 1 amide bonds. The van der Waals surface area contributed by atoms with Gasteiger partial charge in [-0.1, -0.05) is 30.3 Å². The van der Waals surface area contributed by atoms with Crippen LogP contribution < -0.4 is 0 Å². The van der Waals surface area contributed by atoms with E-state index in [1.54, 1.807) is 24.2 Å². The maximum absolute atomic E-state index is 12.6. The minimum atomic E-state index is 0.0683. The van der Waals surface area contributed by atoms with E-state index >= 15 is 0 Å². The Morgan fingerprint density at radius 3 is 2.74 bits per heavy atom. The molecule has 1 saturated heterocycles. The summed E-state index contributed by atoms with van der Waals surface area (Å²) in [6.45, 7) is 3.46. The van der Waals surface area contributed by atoms with E-state index in [2.05, 4.69) is 22.0 Å². The van der Waals surface area contributed by atoms with Crippen LogP contribution in [-0.4, -0.2) is 44.8 Å². The van der Waals surface area contributed by atoms with Crippen LogP contribution in [0.25, 0.3) is 11.4 Å². The lowest BCUT2D eigenvalue weighted by atomic mass is 9.98. The van der Waals surface area contributed by atoms with Gasteiger partial charge in [0.2, 0.25) is 17.6 Å². The molecule has 1 aliphatic heterocycles. The molecule has 1 aliphatic rings. The number of likely N-dealkylation sites (tertiary alicyclic amines) is 1. The van der Waals surface area contributed by atoms with Gasteiger partial charge >= 0.3 is 0 Å². The minimum absolute atomic E-state index is 0.0683. The summed E-state index contributed by atoms with van der Waals surface area (Å²) in [5, 5.41) is 4.09. The monoisotopic (exact) mass is 380 g/mol. The highest BCUT2D eigenvalue weighted by molar-refractivity contribution is 8.00. The van der Waals surface area contributed by atoms with Crippen LogP contribution in [0.1, 0.15) is 18.7 Å². The van der Waals surface area contributed by atoms with Gasteiger partial charge in [-0.15, -0.1) is 11.8 Å². The SMILES string of the molecule is C[C@H]1CN(C(=O)CSc2ccccc2)C[C@@H]1c1nc(-c2ccncc2)no1. The summed E-state index contributed by atoms with van der Waals surface area (Å²) in [5.41, 5.74) is 0.873. The van der Waals surface area contributed by atoms with Gasteiger partial charge in [-0.25, -0.2) is 0 Å². The number of benzene rings is 1. The molecule has 27 heavy (non-hydrogen) atoms. The molecule has 4 rings (SSSR count). The first-order valence-electron chi connectivity index (χ1n) is 8.90. The zero-order chi connectivity index (χ0) is 18.6. The number of rotatable bonds is 5. The van der Waals surface area contributed by atoms with Crippen LogP contribution in [0.2, 0.25) is 0 Å². The molecule has 138 valence electrons. The Bertz CT molecular complexity index is 901. The maximum atomic E-state index is 12.6. The summed E-state index contributed by atoms with van der Waals surface area (Å²) >= 11 is 1.57. The number of aromatic nitrogens is 3. The van der Waals surface area contributed by atoms with E-state index in [1.165, 1.54) is 0 Å². The second kappa shape index (κ2) is 7.92. The first kappa shape index (κ1) is 17.7. The van der Waals surface area contributed by atoms with Crippen molar-refractivity contribution in [3.8, 4) is 11.4 Å². The molecule has 0 unspecified atom stereocenters. The van der Waals surface area contributed by atoms with Gasteiger partial charge in [0, 0.05) is 35.9 Å². The molecule has 2 atom stereocenters. The Kier molecular flexibility index (Phi) is 5.20. The Morgan fingerprint density at radius 2 is 1.96 bits per heavy atom. The molecule has 0 bridgehead atoms. The second-order valence-corrected chi connectivity index (χ2v) is 7.73. The molecular formula is C20H20N4O2S. The molecule has 0 radical (unpaired) electrons. The quantitative estimate of drug-likeness (QED) is 0.631. The van der Waals surface area contributed by atoms with E-state index < -0.39 is 0 Å². The Balaban J connectivity index is 1.39. The van der Waals surface area contributed by atoms with Crippen LogP contribution in [-0.2, 0) is 4.79 Å². The molecule has 0 aliphatic carbocycles. The first-order valence-corrected chi connectivity index (χ1v) is 9.89. The van der Waals surface area contributed by atoms with E-state index in [1.807, 2.05) is 47.4 Å². The van der Waals surface area contributed by atoms with Crippen molar-refractivity contribution in [1.29, 1.82) is 0 Å². The van der Waals surface area contributed by atoms with Crippen molar-refractivity contribution in [2.45, 2.75) is 17.7 Å². The molecule has 3 heterocycles. The smallest absolute Gasteiger partial charge is 0.232 e. The molecule has 0 saturated carbocycles. The van der Waals surface area contributed by atoms with Gasteiger partial charge in [-0.05, 0) is 30.2 Å². The van der Waals surface area contributed by atoms with E-state index in [4.69, 9.17) is 4.52 Å². The van der Waals surface area contributed by atoms with Crippen molar-refractivity contribution in [2.24, 2.45) is 5.92 Å². The van der Waals surface area contributed by atoms with Crippen LogP contribution in [0, 0.1) is 5.92 Å². The zero-order valence-electron chi connectivity index (χ0n) is 15.0. The Morgan fingerprint density at radius 1 is 1.19 bits per heavy atom. The fourth-order valence-electron chi connectivity index (χ4n) is 3.25. The van der Waals surface area contributed by atoms with E-state index in [0.29, 0.717) is 30.6 Å². The van der Waals surface area contributed by atoms with Gasteiger partial charge in [0.25, 0.3) is 0 Å². The van der Waals surface area contributed by atoms with Gasteiger partial charge in [0.05, 0.1) is 11.7 Å². The number of thioether (sulfide) groups is 1. The minimum Gasteiger partial charge on any atom is -0.341 e. The van der Waals surface area contributed by atoms with Crippen molar-refractivity contribution in [3.63, 3.8) is 0 Å². The Hall–Kier alpha value is -2.67. The highest BCUT2D eigenvalue weighted by Crippen LogP contribution is 2.33. The van der Waals surface area contributed by atoms with E-state index in [0.717, 1.165) is 10.5 Å². The standard InChI is InChI=1S/C20H20N4O2S/c1-14-11-24(18(25)13-27-16-5-3-2-4-6-16)12-17(14)20-22-19(23-26-20)15-7-9-21-10-8-15/h2-10,14,17H,11-13H2,1H3/t14-,17-/m0/s1. The lowest BCUT2D eigenvalue weighted by Crippen LogP contribution is -2.30. The third-order valence-electron chi connectivity index (χ3n) is 4.77. The van der Waals surface area contributed by atoms with Crippen LogP contribution >= 0.6 is 11.8 Å². The highest BCUT2D eigenvalue weighted by Gasteiger charge is 2.36. The first-order chi connectivity index (χ1) is 13.2. The average molecular weight is 380 g/mol. The van der Waals surface area contributed by atoms with Gasteiger partial charge in [-0.2, -0.15) is 4.98 Å². The predicted octanol–water partition coefficient (Wildman–Crippen LogP) is 3.49. The van der Waals surface area contributed by atoms with Crippen molar-refractivity contribution >= 4 is 17.7 Å². The van der Waals surface area contributed by atoms with Crippen molar-refractivity contribution in [3.05, 3.63) is 60.7 Å². The van der Waals surface area contributed by atoms with Gasteiger partial charge in [-0.3, -0.25) is 9.78 Å². The van der Waals surface area contributed by atoms with Gasteiger partial charge < -0.3 is 9.42 Å². The van der Waals surface area contributed by atoms with Crippen molar-refractivity contribution < 1.29 is 9.32 Å². The normalized spacial score (nSPS) is 19.4. The topological polar surface area (TPSA) is 72.1 Å². The molecule has 2 aromatic heterocycles.